The molecule has 6 atom stereocenters. The normalized spacial score (nSPS) is 15.0. The smallest absolute Gasteiger partial charge is 0.247 e. The van der Waals surface area contributed by atoms with Crippen LogP contribution in [0.1, 0.15) is 43.0 Å². The molecule has 0 saturated heterocycles. The minimum absolute atomic E-state index is 0.0180. The van der Waals surface area contributed by atoms with E-state index in [1.54, 1.807) is 0 Å². The van der Waals surface area contributed by atoms with E-state index in [0.29, 0.717) is 12.7 Å². The maximum absolute atomic E-state index is 13.7. The lowest BCUT2D eigenvalue weighted by atomic mass is 9.86. The third-order valence-corrected chi connectivity index (χ3v) is 6.85. The van der Waals surface area contributed by atoms with Crippen molar-refractivity contribution in [1.29, 1.82) is 0 Å². The van der Waals surface area contributed by atoms with Crippen molar-refractivity contribution in [2.45, 2.75) is 50.0 Å². The number of nitrogens with two attached hydrogens (primary N) is 4. The number of aromatic hydroxyl groups is 2. The van der Waals surface area contributed by atoms with Gasteiger partial charge in [0.25, 0.3) is 0 Å². The third kappa shape index (κ3) is 9.47. The Bertz CT molecular complexity index is 1370. The van der Waals surface area contributed by atoms with Gasteiger partial charge in [-0.3, -0.25) is 24.0 Å². The van der Waals surface area contributed by atoms with Gasteiger partial charge in [-0.15, -0.1) is 0 Å². The Balaban J connectivity index is 2.45. The number of carbonyl (C=O) groups is 6. The zero-order valence-corrected chi connectivity index (χ0v) is 24.5. The predicted octanol–water partition coefficient (Wildman–Crippen LogP) is -1.47. The van der Waals surface area contributed by atoms with E-state index in [9.17, 15) is 39.0 Å². The van der Waals surface area contributed by atoms with Crippen LogP contribution in [0.2, 0.25) is 5.02 Å². The van der Waals surface area contributed by atoms with Gasteiger partial charge in [-0.2, -0.15) is 0 Å². The summed E-state index contributed by atoms with van der Waals surface area (Å²) in [6, 6.07) is 1.55. The van der Waals surface area contributed by atoms with Crippen molar-refractivity contribution in [1.82, 2.24) is 16.0 Å². The van der Waals surface area contributed by atoms with E-state index in [0.717, 1.165) is 12.1 Å². The van der Waals surface area contributed by atoms with Crippen molar-refractivity contribution >= 4 is 47.3 Å². The molecular formula is C28H36ClN7O8. The minimum Gasteiger partial charge on any atom is -0.508 e. The second kappa shape index (κ2) is 16.3. The summed E-state index contributed by atoms with van der Waals surface area (Å²) in [4.78, 5) is 76.9. The highest BCUT2D eigenvalue weighted by molar-refractivity contribution is 6.32. The summed E-state index contributed by atoms with van der Waals surface area (Å²) < 4.78 is 0. The number of rotatable bonds is 16. The Morgan fingerprint density at radius 2 is 1.48 bits per heavy atom. The molecule has 2 aromatic rings. The maximum Gasteiger partial charge on any atom is 0.247 e. The summed E-state index contributed by atoms with van der Waals surface area (Å²) in [5.74, 6) is -7.76. The third-order valence-electron chi connectivity index (χ3n) is 6.55. The Kier molecular flexibility index (Phi) is 13.2. The molecule has 0 saturated carbocycles. The Morgan fingerprint density at radius 1 is 0.886 bits per heavy atom. The van der Waals surface area contributed by atoms with Gasteiger partial charge in [0.15, 0.2) is 5.78 Å². The number of amides is 4. The van der Waals surface area contributed by atoms with Gasteiger partial charge in [0, 0.05) is 0 Å². The summed E-state index contributed by atoms with van der Waals surface area (Å²) in [6.45, 7) is 1.60. The molecule has 4 amide bonds. The van der Waals surface area contributed by atoms with Crippen molar-refractivity contribution in [3.63, 3.8) is 0 Å². The molecule has 15 nitrogen and oxygen atoms in total. The number of ketones is 1. The zero-order chi connectivity index (χ0) is 33.1. The first kappa shape index (κ1) is 35.6. The second-order valence-corrected chi connectivity index (χ2v) is 10.4. The largest absolute Gasteiger partial charge is 0.508 e. The quantitative estimate of drug-likeness (QED) is 0.0759. The van der Waals surface area contributed by atoms with Crippen LogP contribution in [-0.2, 0) is 28.8 Å². The molecule has 0 fully saturated rings. The minimum atomic E-state index is -2.04. The Morgan fingerprint density at radius 3 is 2.00 bits per heavy atom. The zero-order valence-electron chi connectivity index (χ0n) is 23.7. The molecule has 238 valence electrons. The molecule has 0 aliphatic carbocycles. The van der Waals surface area contributed by atoms with Gasteiger partial charge in [-0.25, -0.2) is 0 Å². The standard InChI is InChI=1S/C28H36ClN7O8/c1-13(31)26(42)35-22(15-6-9-19(39)18(29)11-15)24(40)20(25(33)41)21(32)27(43)36-23(14-4-7-17(38)8-5-14)28(44)34-16(12-37)3-2-10-30/h4-9,11-13,16,20-23,38-39H,2-3,10,30-32H2,1H3,(H2,33,41)(H,34,44)(H,35,42)(H,36,43). The van der Waals surface area contributed by atoms with E-state index in [4.69, 9.17) is 34.5 Å². The molecule has 0 bridgehead atoms. The van der Waals surface area contributed by atoms with Crippen LogP contribution in [0.4, 0.5) is 0 Å². The van der Waals surface area contributed by atoms with Crippen LogP contribution in [0.25, 0.3) is 0 Å². The molecule has 0 aliphatic heterocycles. The summed E-state index contributed by atoms with van der Waals surface area (Å²) >= 11 is 5.99. The highest BCUT2D eigenvalue weighted by atomic mass is 35.5. The predicted molar refractivity (Wildman–Crippen MR) is 159 cm³/mol. The number of hydrogen-bond donors (Lipinski definition) is 9. The first-order valence-electron chi connectivity index (χ1n) is 13.4. The SMILES string of the molecule is CC(N)C(=O)NC(C(=O)C(C(N)=O)C(N)C(=O)NC(C(=O)NC(C=O)CCCN)c1ccc(O)cc1)c1ccc(O)c(Cl)c1. The van der Waals surface area contributed by atoms with E-state index in [1.807, 2.05) is 0 Å². The van der Waals surface area contributed by atoms with Crippen molar-refractivity contribution < 1.29 is 39.0 Å². The van der Waals surface area contributed by atoms with Gasteiger partial charge in [0.2, 0.25) is 23.6 Å². The van der Waals surface area contributed by atoms with E-state index in [-0.39, 0.29) is 40.6 Å². The molecule has 0 radical (unpaired) electrons. The fourth-order valence-electron chi connectivity index (χ4n) is 4.10. The number of primary amides is 1. The number of phenolic OH excluding ortho intramolecular Hbond substituents is 2. The first-order valence-corrected chi connectivity index (χ1v) is 13.8. The maximum atomic E-state index is 13.7. The number of carbonyl (C=O) groups excluding carboxylic acids is 6. The topological polar surface area (TPSA) is 283 Å². The molecule has 0 aliphatic rings. The number of phenols is 2. The summed E-state index contributed by atoms with van der Waals surface area (Å²) in [6.07, 6.45) is 1.14. The molecule has 44 heavy (non-hydrogen) atoms. The van der Waals surface area contributed by atoms with E-state index in [2.05, 4.69) is 16.0 Å². The van der Waals surface area contributed by atoms with Crippen LogP contribution in [0.5, 0.6) is 11.5 Å². The van der Waals surface area contributed by atoms with Gasteiger partial charge in [-0.05, 0) is 61.7 Å². The molecule has 0 heterocycles. The summed E-state index contributed by atoms with van der Waals surface area (Å²) in [7, 11) is 0. The van der Waals surface area contributed by atoms with Gasteiger partial charge >= 0.3 is 0 Å². The van der Waals surface area contributed by atoms with Crippen molar-refractivity contribution in [2.75, 3.05) is 6.54 Å². The lowest BCUT2D eigenvalue weighted by molar-refractivity contribution is -0.140. The van der Waals surface area contributed by atoms with E-state index < -0.39 is 65.5 Å². The molecule has 2 rings (SSSR count). The molecular weight excluding hydrogens is 598 g/mol. The van der Waals surface area contributed by atoms with Crippen molar-refractivity contribution in [3.8, 4) is 11.5 Å². The Hall–Kier alpha value is -4.57. The number of benzene rings is 2. The number of aldehydes is 1. The van der Waals surface area contributed by atoms with E-state index >= 15 is 0 Å². The first-order chi connectivity index (χ1) is 20.7. The highest BCUT2D eigenvalue weighted by Crippen LogP contribution is 2.29. The molecule has 0 spiro atoms. The van der Waals surface area contributed by atoms with Crippen LogP contribution in [0.3, 0.4) is 0 Å². The Labute approximate surface area is 257 Å². The van der Waals surface area contributed by atoms with Crippen LogP contribution in [0.15, 0.2) is 42.5 Å². The number of halogens is 1. The molecule has 2 aromatic carbocycles. The second-order valence-electron chi connectivity index (χ2n) is 9.96. The summed E-state index contributed by atoms with van der Waals surface area (Å²) in [5.41, 5.74) is 22.9. The fourth-order valence-corrected chi connectivity index (χ4v) is 4.29. The van der Waals surface area contributed by atoms with E-state index in [1.165, 1.54) is 37.3 Å². The summed E-state index contributed by atoms with van der Waals surface area (Å²) in [5, 5.41) is 26.5. The van der Waals surface area contributed by atoms with Crippen LogP contribution in [-0.4, -0.2) is 70.6 Å². The molecule has 6 unspecified atom stereocenters. The van der Waals surface area contributed by atoms with Gasteiger partial charge < -0.3 is 53.9 Å². The lowest BCUT2D eigenvalue weighted by Gasteiger charge is -2.27. The molecule has 13 N–H and O–H groups in total. The van der Waals surface area contributed by atoms with Gasteiger partial charge in [-0.1, -0.05) is 29.8 Å². The van der Waals surface area contributed by atoms with Gasteiger partial charge in [0.05, 0.1) is 17.1 Å². The van der Waals surface area contributed by atoms with Gasteiger partial charge in [0.1, 0.15) is 41.8 Å². The highest BCUT2D eigenvalue weighted by Gasteiger charge is 2.41. The van der Waals surface area contributed by atoms with Crippen molar-refractivity contribution in [2.24, 2.45) is 28.9 Å². The number of hydrogen-bond acceptors (Lipinski definition) is 11. The average Bonchev–Trinajstić information content (AvgIpc) is 2.98. The van der Waals surface area contributed by atoms with Crippen LogP contribution in [0, 0.1) is 5.92 Å². The van der Waals surface area contributed by atoms with Crippen molar-refractivity contribution in [3.05, 3.63) is 58.6 Å². The number of nitrogens with one attached hydrogen (secondary N) is 3. The van der Waals surface area contributed by atoms with Crippen LogP contribution >= 0.6 is 11.6 Å². The fraction of sp³-hybridized carbons (Fsp3) is 0.357. The molecule has 16 heteroatoms. The lowest BCUT2D eigenvalue weighted by Crippen LogP contribution is -2.57. The monoisotopic (exact) mass is 633 g/mol. The molecule has 0 aromatic heterocycles. The number of Topliss-reactive ketones (excluding diaryl/α,β-unsaturated/α-hetero) is 1. The van der Waals surface area contributed by atoms with Crippen LogP contribution < -0.4 is 38.9 Å². The average molecular weight is 634 g/mol.